The number of ether oxygens (including phenoxy) is 2. The molecule has 3 aromatic rings. The number of aromatic nitrogens is 3. The SMILES string of the molecule is C[Si](C)(C)CCOCN1C(=O)CCC1COc1cc2nn(C3CCC(CO)CC3)cc2cc1NC(=O)c1ccccn1. The van der Waals surface area contributed by atoms with Crippen molar-refractivity contribution in [3.8, 4) is 5.75 Å². The number of pyridine rings is 1. The number of carbonyl (C=O) groups excluding carboxylic acids is 2. The largest absolute Gasteiger partial charge is 0.489 e. The molecule has 1 aromatic carbocycles. The molecule has 5 rings (SSSR count). The molecule has 1 unspecified atom stereocenters. The van der Waals surface area contributed by atoms with Gasteiger partial charge in [-0.2, -0.15) is 5.10 Å². The predicted molar refractivity (Wildman–Crippen MR) is 164 cm³/mol. The van der Waals surface area contributed by atoms with Crippen LogP contribution in [0, 0.1) is 5.92 Å². The number of benzene rings is 1. The first-order valence-electron chi connectivity index (χ1n) is 15.1. The second-order valence-corrected chi connectivity index (χ2v) is 18.4. The van der Waals surface area contributed by atoms with Crippen molar-refractivity contribution in [3.63, 3.8) is 0 Å². The molecule has 1 atom stereocenters. The van der Waals surface area contributed by atoms with Crippen molar-refractivity contribution in [2.75, 3.05) is 31.9 Å². The fourth-order valence-corrected chi connectivity index (χ4v) is 6.38. The van der Waals surface area contributed by atoms with Crippen molar-refractivity contribution in [1.29, 1.82) is 0 Å². The van der Waals surface area contributed by atoms with Gasteiger partial charge in [0.05, 0.1) is 23.3 Å². The van der Waals surface area contributed by atoms with E-state index in [2.05, 4.69) is 29.9 Å². The summed E-state index contributed by atoms with van der Waals surface area (Å²) in [5.74, 6) is 0.612. The maximum atomic E-state index is 13.0. The number of hydrogen-bond acceptors (Lipinski definition) is 7. The summed E-state index contributed by atoms with van der Waals surface area (Å²) >= 11 is 0. The van der Waals surface area contributed by atoms with Gasteiger partial charge in [-0.05, 0) is 62.3 Å². The second kappa shape index (κ2) is 13.3. The molecule has 1 saturated heterocycles. The molecule has 226 valence electrons. The minimum absolute atomic E-state index is 0.0744. The lowest BCUT2D eigenvalue weighted by Crippen LogP contribution is -2.39. The minimum atomic E-state index is -1.22. The lowest BCUT2D eigenvalue weighted by Gasteiger charge is -2.27. The van der Waals surface area contributed by atoms with E-state index in [1.54, 1.807) is 29.3 Å². The average molecular weight is 594 g/mol. The number of hydrogen-bond donors (Lipinski definition) is 2. The Morgan fingerprint density at radius 3 is 2.67 bits per heavy atom. The van der Waals surface area contributed by atoms with Crippen molar-refractivity contribution in [2.24, 2.45) is 5.92 Å². The van der Waals surface area contributed by atoms with E-state index in [4.69, 9.17) is 14.6 Å². The summed E-state index contributed by atoms with van der Waals surface area (Å²) in [6.07, 6.45) is 8.67. The van der Waals surface area contributed by atoms with Crippen LogP contribution in [0.1, 0.15) is 55.1 Å². The van der Waals surface area contributed by atoms with Gasteiger partial charge in [-0.3, -0.25) is 19.3 Å². The first kappa shape index (κ1) is 30.2. The number of nitrogens with zero attached hydrogens (tertiary/aromatic N) is 4. The third-order valence-electron chi connectivity index (χ3n) is 8.33. The summed E-state index contributed by atoms with van der Waals surface area (Å²) < 4.78 is 14.2. The van der Waals surface area contributed by atoms with Gasteiger partial charge in [0.15, 0.2) is 0 Å². The first-order chi connectivity index (χ1) is 20.2. The van der Waals surface area contributed by atoms with Crippen LogP contribution in [-0.2, 0) is 9.53 Å². The van der Waals surface area contributed by atoms with E-state index in [0.717, 1.165) is 42.6 Å². The number of rotatable bonds is 12. The molecule has 2 aliphatic rings. The van der Waals surface area contributed by atoms with Crippen LogP contribution in [0.2, 0.25) is 25.7 Å². The molecule has 1 saturated carbocycles. The Morgan fingerprint density at radius 1 is 1.14 bits per heavy atom. The summed E-state index contributed by atoms with van der Waals surface area (Å²) in [6, 6.07) is 10.2. The highest BCUT2D eigenvalue weighted by atomic mass is 28.3. The van der Waals surface area contributed by atoms with Gasteiger partial charge < -0.3 is 24.8 Å². The van der Waals surface area contributed by atoms with E-state index >= 15 is 0 Å². The number of aliphatic hydroxyl groups is 1. The molecule has 2 N–H and O–H groups in total. The highest BCUT2D eigenvalue weighted by Crippen LogP contribution is 2.35. The topological polar surface area (TPSA) is 119 Å². The quantitative estimate of drug-likeness (QED) is 0.222. The minimum Gasteiger partial charge on any atom is -0.489 e. The van der Waals surface area contributed by atoms with Gasteiger partial charge in [-0.25, -0.2) is 0 Å². The number of anilines is 1. The van der Waals surface area contributed by atoms with Crippen molar-refractivity contribution in [2.45, 2.75) is 76.3 Å². The van der Waals surface area contributed by atoms with Gasteiger partial charge >= 0.3 is 0 Å². The maximum absolute atomic E-state index is 13.0. The zero-order valence-electron chi connectivity index (χ0n) is 24.9. The Morgan fingerprint density at radius 2 is 1.95 bits per heavy atom. The molecule has 11 heteroatoms. The molecule has 0 spiro atoms. The van der Waals surface area contributed by atoms with Crippen LogP contribution in [-0.4, -0.2) is 77.3 Å². The van der Waals surface area contributed by atoms with Crippen molar-refractivity contribution in [3.05, 3.63) is 48.4 Å². The van der Waals surface area contributed by atoms with E-state index in [-0.39, 0.29) is 43.8 Å². The van der Waals surface area contributed by atoms with E-state index in [9.17, 15) is 14.7 Å². The van der Waals surface area contributed by atoms with E-state index in [1.807, 2.05) is 23.0 Å². The highest BCUT2D eigenvalue weighted by molar-refractivity contribution is 6.76. The fraction of sp³-hybridized carbons (Fsp3) is 0.548. The Hall–Kier alpha value is -3.28. The zero-order chi connectivity index (χ0) is 29.7. The van der Waals surface area contributed by atoms with Crippen LogP contribution in [0.15, 0.2) is 42.7 Å². The molecule has 0 bridgehead atoms. The molecule has 42 heavy (non-hydrogen) atoms. The normalized spacial score (nSPS) is 21.2. The molecule has 3 heterocycles. The van der Waals surface area contributed by atoms with Crippen LogP contribution in [0.5, 0.6) is 5.75 Å². The Balaban J connectivity index is 1.33. The van der Waals surface area contributed by atoms with Crippen molar-refractivity contribution in [1.82, 2.24) is 19.7 Å². The third kappa shape index (κ3) is 7.56. The lowest BCUT2D eigenvalue weighted by atomic mass is 9.87. The molecule has 2 aromatic heterocycles. The Bertz CT molecular complexity index is 1370. The number of nitrogens with one attached hydrogen (secondary N) is 1. The van der Waals surface area contributed by atoms with Gasteiger partial charge in [-0.1, -0.05) is 25.7 Å². The van der Waals surface area contributed by atoms with Gasteiger partial charge in [0.25, 0.3) is 5.91 Å². The fourth-order valence-electron chi connectivity index (χ4n) is 5.62. The number of aliphatic hydroxyl groups excluding tert-OH is 1. The van der Waals surface area contributed by atoms with Crippen LogP contribution >= 0.6 is 0 Å². The molecular weight excluding hydrogens is 550 g/mol. The second-order valence-electron chi connectivity index (χ2n) is 12.8. The number of fused-ring (bicyclic) bond motifs is 1. The molecule has 10 nitrogen and oxygen atoms in total. The standard InChI is InChI=1S/C31H43N5O5Si/c1-42(2,3)15-14-40-21-35-25(11-12-30(35)38)20-41-29-17-27-23(16-28(29)33-31(39)26-6-4-5-13-32-26)18-36(34-27)24-9-7-22(19-37)8-10-24/h4-6,13,16-18,22,24-25,37H,7-12,14-15,19-21H2,1-3H3,(H,33,39). The van der Waals surface area contributed by atoms with Crippen molar-refractivity contribution < 1.29 is 24.2 Å². The van der Waals surface area contributed by atoms with Gasteiger partial charge in [0, 0.05) is 51.6 Å². The van der Waals surface area contributed by atoms with Crippen LogP contribution in [0.25, 0.3) is 10.9 Å². The third-order valence-corrected chi connectivity index (χ3v) is 10.0. The number of amides is 2. The van der Waals surface area contributed by atoms with Gasteiger partial charge in [0.2, 0.25) is 5.91 Å². The average Bonchev–Trinajstić information content (AvgIpc) is 3.56. The monoisotopic (exact) mass is 593 g/mol. The molecule has 2 fully saturated rings. The Labute approximate surface area is 248 Å². The van der Waals surface area contributed by atoms with Crippen LogP contribution in [0.4, 0.5) is 5.69 Å². The zero-order valence-corrected chi connectivity index (χ0v) is 25.9. The molecule has 1 aliphatic carbocycles. The van der Waals surface area contributed by atoms with E-state index in [1.165, 1.54) is 0 Å². The number of carbonyl (C=O) groups is 2. The predicted octanol–water partition coefficient (Wildman–Crippen LogP) is 5.09. The summed E-state index contributed by atoms with van der Waals surface area (Å²) in [7, 11) is -1.22. The van der Waals surface area contributed by atoms with Gasteiger partial charge in [-0.15, -0.1) is 0 Å². The van der Waals surface area contributed by atoms with Crippen LogP contribution in [0.3, 0.4) is 0 Å². The molecule has 0 radical (unpaired) electrons. The Kier molecular flexibility index (Phi) is 9.59. The summed E-state index contributed by atoms with van der Waals surface area (Å²) in [4.78, 5) is 31.6. The van der Waals surface area contributed by atoms with Crippen LogP contribution < -0.4 is 10.1 Å². The van der Waals surface area contributed by atoms with Gasteiger partial charge in [0.1, 0.15) is 24.8 Å². The maximum Gasteiger partial charge on any atom is 0.274 e. The summed E-state index contributed by atoms with van der Waals surface area (Å²) in [5.41, 5.74) is 1.62. The molecule has 1 aliphatic heterocycles. The molecular formula is C31H43N5O5Si. The van der Waals surface area contributed by atoms with E-state index < -0.39 is 8.07 Å². The number of likely N-dealkylation sites (tertiary alicyclic amines) is 1. The van der Waals surface area contributed by atoms with E-state index in [0.29, 0.717) is 42.5 Å². The summed E-state index contributed by atoms with van der Waals surface area (Å²) in [6.45, 7) is 8.36. The van der Waals surface area contributed by atoms with Crippen molar-refractivity contribution >= 4 is 36.5 Å². The lowest BCUT2D eigenvalue weighted by molar-refractivity contribution is -0.134. The smallest absolute Gasteiger partial charge is 0.274 e. The first-order valence-corrected chi connectivity index (χ1v) is 18.8. The summed E-state index contributed by atoms with van der Waals surface area (Å²) in [5, 5.41) is 18.3. The molecule has 2 amide bonds. The highest BCUT2D eigenvalue weighted by Gasteiger charge is 2.32.